The highest BCUT2D eigenvalue weighted by Gasteiger charge is 2.23. The van der Waals surface area contributed by atoms with E-state index in [4.69, 9.17) is 23.2 Å². The molecule has 0 saturated carbocycles. The molecule has 0 saturated heterocycles. The van der Waals surface area contributed by atoms with Gasteiger partial charge in [-0.05, 0) is 74.9 Å². The molecule has 1 heterocycles. The maximum Gasteiger partial charge on any atom is 0.0835 e. The van der Waals surface area contributed by atoms with Gasteiger partial charge in [0.2, 0.25) is 0 Å². The normalized spacial score (nSPS) is 17.9. The first-order chi connectivity index (χ1) is 9.56. The maximum atomic E-state index is 6.32. The van der Waals surface area contributed by atoms with Crippen molar-refractivity contribution in [1.29, 1.82) is 0 Å². The van der Waals surface area contributed by atoms with Crippen LogP contribution in [0.25, 0.3) is 0 Å². The van der Waals surface area contributed by atoms with Crippen LogP contribution in [0.1, 0.15) is 29.3 Å². The lowest BCUT2D eigenvalue weighted by atomic mass is 9.94. The van der Waals surface area contributed by atoms with Crippen LogP contribution in [-0.2, 0) is 6.42 Å². The van der Waals surface area contributed by atoms with Crippen LogP contribution < -0.4 is 5.32 Å². The van der Waals surface area contributed by atoms with Crippen molar-refractivity contribution in [2.45, 2.75) is 25.3 Å². The molecule has 0 spiro atoms. The minimum atomic E-state index is 0.302. The summed E-state index contributed by atoms with van der Waals surface area (Å²) in [5.41, 5.74) is 2.27. The third-order valence-electron chi connectivity index (χ3n) is 3.45. The minimum absolute atomic E-state index is 0.302. The van der Waals surface area contributed by atoms with Gasteiger partial charge in [0.1, 0.15) is 0 Å². The molecule has 1 nitrogen and oxygen atoms in total. The molecule has 106 valence electrons. The van der Waals surface area contributed by atoms with Crippen LogP contribution in [0.2, 0.25) is 10.0 Å². The van der Waals surface area contributed by atoms with Crippen LogP contribution in [0, 0.1) is 0 Å². The van der Waals surface area contributed by atoms with Crippen LogP contribution in [0.4, 0.5) is 5.69 Å². The van der Waals surface area contributed by atoms with Crippen molar-refractivity contribution < 1.29 is 0 Å². The van der Waals surface area contributed by atoms with Gasteiger partial charge in [-0.2, -0.15) is 0 Å². The number of halogens is 4. The fraction of sp³-hybridized carbons (Fsp3) is 0.286. The molecule has 1 N–H and O–H groups in total. The lowest BCUT2D eigenvalue weighted by molar-refractivity contribution is 0.609. The van der Waals surface area contributed by atoms with E-state index in [-0.39, 0.29) is 0 Å². The molecule has 2 aromatic rings. The second-order valence-electron chi connectivity index (χ2n) is 4.74. The largest absolute Gasteiger partial charge is 0.377 e. The molecule has 20 heavy (non-hydrogen) atoms. The summed E-state index contributed by atoms with van der Waals surface area (Å²) in [4.78, 5) is 1.46. The Morgan fingerprint density at radius 2 is 2.00 bits per heavy atom. The van der Waals surface area contributed by atoms with Gasteiger partial charge >= 0.3 is 0 Å². The molecule has 0 fully saturated rings. The predicted octanol–water partition coefficient (Wildman–Crippen LogP) is 7.07. The molecule has 1 aliphatic rings. The molecule has 3 rings (SSSR count). The Hall–Kier alpha value is 0.260. The van der Waals surface area contributed by atoms with Crippen LogP contribution in [-0.4, -0.2) is 0 Å². The van der Waals surface area contributed by atoms with Crippen molar-refractivity contribution >= 4 is 72.1 Å². The number of anilines is 1. The first-order valence-corrected chi connectivity index (χ1v) is 9.40. The summed E-state index contributed by atoms with van der Waals surface area (Å²) in [7, 11) is 0. The Labute approximate surface area is 148 Å². The second kappa shape index (κ2) is 6.17. The fourth-order valence-electron chi connectivity index (χ4n) is 2.50. The topological polar surface area (TPSA) is 12.0 Å². The fourth-order valence-corrected chi connectivity index (χ4v) is 5.14. The molecular weight excluding hydrogens is 445 g/mol. The maximum absolute atomic E-state index is 6.32. The van der Waals surface area contributed by atoms with E-state index in [1.165, 1.54) is 27.1 Å². The van der Waals surface area contributed by atoms with E-state index in [2.05, 4.69) is 43.2 Å². The zero-order valence-corrected chi connectivity index (χ0v) is 15.9. The van der Waals surface area contributed by atoms with E-state index in [1.807, 2.05) is 23.5 Å². The smallest absolute Gasteiger partial charge is 0.0835 e. The van der Waals surface area contributed by atoms with Gasteiger partial charge in [0.25, 0.3) is 0 Å². The van der Waals surface area contributed by atoms with E-state index in [0.717, 1.165) is 16.6 Å². The zero-order chi connectivity index (χ0) is 14.3. The number of benzene rings is 1. The van der Waals surface area contributed by atoms with Crippen LogP contribution in [0.15, 0.2) is 26.5 Å². The molecule has 1 atom stereocenters. The highest BCUT2D eigenvalue weighted by Crippen LogP contribution is 2.42. The summed E-state index contributed by atoms with van der Waals surface area (Å²) in [6.07, 6.45) is 3.47. The third kappa shape index (κ3) is 2.91. The van der Waals surface area contributed by atoms with Crippen molar-refractivity contribution in [1.82, 2.24) is 0 Å². The van der Waals surface area contributed by atoms with Gasteiger partial charge in [0.05, 0.1) is 25.6 Å². The summed E-state index contributed by atoms with van der Waals surface area (Å²) >= 11 is 21.3. The lowest BCUT2D eigenvalue weighted by Gasteiger charge is -2.25. The Bertz CT molecular complexity index is 657. The van der Waals surface area contributed by atoms with Crippen molar-refractivity contribution in [3.05, 3.63) is 46.9 Å². The van der Waals surface area contributed by atoms with Crippen molar-refractivity contribution in [2.24, 2.45) is 0 Å². The van der Waals surface area contributed by atoms with E-state index >= 15 is 0 Å². The summed E-state index contributed by atoms with van der Waals surface area (Å²) in [6.45, 7) is 0. The quantitative estimate of drug-likeness (QED) is 0.477. The van der Waals surface area contributed by atoms with Gasteiger partial charge in [0.15, 0.2) is 0 Å². The van der Waals surface area contributed by atoms with Gasteiger partial charge < -0.3 is 5.32 Å². The molecule has 1 unspecified atom stereocenters. The van der Waals surface area contributed by atoms with Gasteiger partial charge in [-0.25, -0.2) is 0 Å². The second-order valence-corrected chi connectivity index (χ2v) is 8.87. The van der Waals surface area contributed by atoms with Crippen molar-refractivity contribution in [3.8, 4) is 0 Å². The number of fused-ring (bicyclic) bond motifs is 1. The van der Waals surface area contributed by atoms with E-state index < -0.39 is 0 Å². The molecule has 1 aromatic heterocycles. The predicted molar refractivity (Wildman–Crippen MR) is 95.5 cm³/mol. The first kappa shape index (κ1) is 15.2. The molecule has 0 amide bonds. The summed E-state index contributed by atoms with van der Waals surface area (Å²) in [6, 6.07) is 6.40. The summed E-state index contributed by atoms with van der Waals surface area (Å²) < 4.78 is 2.01. The van der Waals surface area contributed by atoms with E-state index in [1.54, 1.807) is 0 Å². The standard InChI is InChI=1S/C14H11Br2Cl2NS/c15-8-4-5-10(14(18)13(8)17)19-9-2-1-3-11-7(9)6-12(16)20-11/h4-6,9,19H,1-3H2. The molecule has 1 aromatic carbocycles. The number of nitrogens with one attached hydrogen (secondary N) is 1. The van der Waals surface area contributed by atoms with Gasteiger partial charge in [0, 0.05) is 9.35 Å². The summed E-state index contributed by atoms with van der Waals surface area (Å²) in [5.74, 6) is 0. The lowest BCUT2D eigenvalue weighted by Crippen LogP contribution is -2.15. The van der Waals surface area contributed by atoms with Gasteiger partial charge in [-0.15, -0.1) is 11.3 Å². The average molecular weight is 456 g/mol. The molecule has 6 heteroatoms. The van der Waals surface area contributed by atoms with E-state index in [0.29, 0.717) is 16.1 Å². The number of thiophene rings is 1. The Balaban J connectivity index is 1.91. The minimum Gasteiger partial charge on any atom is -0.377 e. The monoisotopic (exact) mass is 453 g/mol. The third-order valence-corrected chi connectivity index (χ3v) is 6.93. The molecule has 0 aliphatic heterocycles. The van der Waals surface area contributed by atoms with Crippen LogP contribution in [0.5, 0.6) is 0 Å². The summed E-state index contributed by atoms with van der Waals surface area (Å²) in [5, 5.41) is 4.66. The molecular formula is C14H11Br2Cl2NS. The Kier molecular flexibility index (Phi) is 4.68. The SMILES string of the molecule is Clc1c(Br)ccc(NC2CCCc3sc(Br)cc32)c1Cl. The van der Waals surface area contributed by atoms with Crippen LogP contribution in [0.3, 0.4) is 0 Å². The number of hydrogen-bond donors (Lipinski definition) is 1. The number of rotatable bonds is 2. The number of aryl methyl sites for hydroxylation is 1. The highest BCUT2D eigenvalue weighted by atomic mass is 79.9. The molecule has 0 bridgehead atoms. The Morgan fingerprint density at radius 1 is 1.20 bits per heavy atom. The number of hydrogen-bond acceptors (Lipinski definition) is 2. The van der Waals surface area contributed by atoms with E-state index in [9.17, 15) is 0 Å². The molecule has 1 aliphatic carbocycles. The average Bonchev–Trinajstić information content (AvgIpc) is 2.81. The van der Waals surface area contributed by atoms with Crippen molar-refractivity contribution in [3.63, 3.8) is 0 Å². The first-order valence-electron chi connectivity index (χ1n) is 6.24. The zero-order valence-electron chi connectivity index (χ0n) is 10.4. The van der Waals surface area contributed by atoms with Crippen molar-refractivity contribution in [2.75, 3.05) is 5.32 Å². The highest BCUT2D eigenvalue weighted by molar-refractivity contribution is 9.11. The Morgan fingerprint density at radius 3 is 2.80 bits per heavy atom. The van der Waals surface area contributed by atoms with Gasteiger partial charge in [-0.1, -0.05) is 23.2 Å². The molecule has 0 radical (unpaired) electrons. The van der Waals surface area contributed by atoms with Crippen LogP contribution >= 0.6 is 66.4 Å². The van der Waals surface area contributed by atoms with Gasteiger partial charge in [-0.3, -0.25) is 0 Å².